The summed E-state index contributed by atoms with van der Waals surface area (Å²) in [5.74, 6) is 0.490. The van der Waals surface area contributed by atoms with Crippen molar-refractivity contribution in [1.29, 1.82) is 5.26 Å². The molecule has 0 aromatic rings. The van der Waals surface area contributed by atoms with Crippen molar-refractivity contribution in [3.05, 3.63) is 11.1 Å². The van der Waals surface area contributed by atoms with Crippen LogP contribution in [0.15, 0.2) is 11.1 Å². The van der Waals surface area contributed by atoms with Crippen molar-refractivity contribution in [2.75, 3.05) is 6.61 Å². The number of carbonyl (C=O) groups excluding carboxylic acids is 1. The third-order valence-electron chi connectivity index (χ3n) is 3.36. The monoisotopic (exact) mass is 221 g/mol. The predicted octanol–water partition coefficient (Wildman–Crippen LogP) is 2.83. The molecule has 1 saturated carbocycles. The number of esters is 1. The number of hydrogen-bond donors (Lipinski definition) is 0. The molecule has 2 unspecified atom stereocenters. The summed E-state index contributed by atoms with van der Waals surface area (Å²) in [6.45, 7) is 6.36. The molecule has 2 atom stereocenters. The zero-order chi connectivity index (χ0) is 12.1. The Labute approximate surface area is 97.1 Å². The summed E-state index contributed by atoms with van der Waals surface area (Å²) in [5.41, 5.74) is 1.26. The van der Waals surface area contributed by atoms with Crippen LogP contribution >= 0.6 is 0 Å². The minimum atomic E-state index is -0.451. The lowest BCUT2D eigenvalue weighted by molar-refractivity contribution is -0.138. The van der Waals surface area contributed by atoms with Crippen LogP contribution in [0.5, 0.6) is 0 Å². The summed E-state index contributed by atoms with van der Waals surface area (Å²) in [6.07, 6.45) is 2.92. The van der Waals surface area contributed by atoms with Gasteiger partial charge in [-0.25, -0.2) is 4.79 Å². The summed E-state index contributed by atoms with van der Waals surface area (Å²) in [5, 5.41) is 9.07. The number of rotatable bonds is 3. The normalized spacial score (nSPS) is 27.4. The molecule has 3 nitrogen and oxygen atoms in total. The van der Waals surface area contributed by atoms with Crippen LogP contribution in [0.2, 0.25) is 0 Å². The Morgan fingerprint density at radius 3 is 2.75 bits per heavy atom. The minimum Gasteiger partial charge on any atom is -0.462 e. The van der Waals surface area contributed by atoms with Gasteiger partial charge in [0.25, 0.3) is 0 Å². The molecular weight excluding hydrogens is 202 g/mol. The van der Waals surface area contributed by atoms with E-state index >= 15 is 0 Å². The summed E-state index contributed by atoms with van der Waals surface area (Å²) in [7, 11) is 0. The lowest BCUT2D eigenvalue weighted by Gasteiger charge is -2.15. The first-order valence-corrected chi connectivity index (χ1v) is 5.95. The Morgan fingerprint density at radius 1 is 1.56 bits per heavy atom. The number of allylic oxidation sites excluding steroid dienone is 1. The summed E-state index contributed by atoms with van der Waals surface area (Å²) >= 11 is 0. The van der Waals surface area contributed by atoms with Crippen molar-refractivity contribution in [2.45, 2.75) is 40.0 Å². The summed E-state index contributed by atoms with van der Waals surface area (Å²) in [6, 6.07) is 2.02. The zero-order valence-electron chi connectivity index (χ0n) is 10.2. The Balaban J connectivity index is 3.00. The van der Waals surface area contributed by atoms with E-state index in [-0.39, 0.29) is 5.57 Å². The molecule has 0 saturated heterocycles. The number of nitrogens with zero attached hydrogens (tertiary/aromatic N) is 1. The molecule has 0 heterocycles. The first-order chi connectivity index (χ1) is 7.65. The van der Waals surface area contributed by atoms with Crippen molar-refractivity contribution < 1.29 is 9.53 Å². The predicted molar refractivity (Wildman–Crippen MR) is 61.5 cm³/mol. The molecule has 0 amide bonds. The first kappa shape index (κ1) is 12.8. The van der Waals surface area contributed by atoms with Gasteiger partial charge in [-0.2, -0.15) is 5.26 Å². The van der Waals surface area contributed by atoms with Crippen LogP contribution in [0, 0.1) is 23.2 Å². The first-order valence-electron chi connectivity index (χ1n) is 5.95. The lowest BCUT2D eigenvalue weighted by atomic mass is 9.90. The second-order valence-corrected chi connectivity index (χ2v) is 4.26. The Morgan fingerprint density at radius 2 is 2.25 bits per heavy atom. The molecule has 88 valence electrons. The van der Waals surface area contributed by atoms with Gasteiger partial charge in [-0.15, -0.1) is 0 Å². The fourth-order valence-corrected chi connectivity index (χ4v) is 2.52. The Hall–Kier alpha value is -1.30. The molecule has 1 aliphatic carbocycles. The van der Waals surface area contributed by atoms with Gasteiger partial charge < -0.3 is 4.74 Å². The fourth-order valence-electron chi connectivity index (χ4n) is 2.52. The van der Waals surface area contributed by atoms with E-state index < -0.39 is 5.97 Å². The molecule has 1 fully saturated rings. The topological polar surface area (TPSA) is 50.1 Å². The molecular formula is C13H19NO2. The van der Waals surface area contributed by atoms with Crippen LogP contribution in [0.25, 0.3) is 0 Å². The third kappa shape index (κ3) is 2.44. The maximum atomic E-state index is 11.6. The highest BCUT2D eigenvalue weighted by Gasteiger charge is 2.31. The van der Waals surface area contributed by atoms with Crippen molar-refractivity contribution in [3.8, 4) is 6.07 Å². The van der Waals surface area contributed by atoms with E-state index in [0.717, 1.165) is 24.8 Å². The van der Waals surface area contributed by atoms with Gasteiger partial charge in [0.15, 0.2) is 0 Å². The van der Waals surface area contributed by atoms with Crippen molar-refractivity contribution >= 4 is 5.97 Å². The van der Waals surface area contributed by atoms with E-state index in [1.165, 1.54) is 0 Å². The van der Waals surface area contributed by atoms with Crippen LogP contribution < -0.4 is 0 Å². The van der Waals surface area contributed by atoms with E-state index in [1.54, 1.807) is 6.92 Å². The van der Waals surface area contributed by atoms with Crippen LogP contribution in [0.3, 0.4) is 0 Å². The number of carbonyl (C=O) groups is 1. The summed E-state index contributed by atoms with van der Waals surface area (Å²) in [4.78, 5) is 11.6. The van der Waals surface area contributed by atoms with Gasteiger partial charge in [-0.05, 0) is 43.6 Å². The van der Waals surface area contributed by atoms with Crippen molar-refractivity contribution in [2.24, 2.45) is 11.8 Å². The smallest absolute Gasteiger partial charge is 0.348 e. The average Bonchev–Trinajstić information content (AvgIpc) is 2.61. The molecule has 0 spiro atoms. The van der Waals surface area contributed by atoms with Crippen LogP contribution in [-0.2, 0) is 9.53 Å². The Kier molecular flexibility index (Phi) is 4.54. The molecule has 0 bridgehead atoms. The molecule has 16 heavy (non-hydrogen) atoms. The van der Waals surface area contributed by atoms with Crippen molar-refractivity contribution in [1.82, 2.24) is 0 Å². The molecule has 0 N–H and O–H groups in total. The highest BCUT2D eigenvalue weighted by molar-refractivity contribution is 5.93. The largest absolute Gasteiger partial charge is 0.462 e. The Bertz CT molecular complexity index is 338. The van der Waals surface area contributed by atoms with E-state index in [2.05, 4.69) is 13.8 Å². The van der Waals surface area contributed by atoms with Crippen LogP contribution in [0.4, 0.5) is 0 Å². The molecule has 0 aromatic carbocycles. The van der Waals surface area contributed by atoms with E-state index in [0.29, 0.717) is 18.4 Å². The SMILES string of the molecule is CCOC(=O)C(C#N)=C1CCC(C)C1CC. The minimum absolute atomic E-state index is 0.248. The highest BCUT2D eigenvalue weighted by atomic mass is 16.5. The van der Waals surface area contributed by atoms with Gasteiger partial charge in [0, 0.05) is 0 Å². The molecule has 1 rings (SSSR count). The second-order valence-electron chi connectivity index (χ2n) is 4.26. The van der Waals surface area contributed by atoms with Crippen molar-refractivity contribution in [3.63, 3.8) is 0 Å². The molecule has 1 aliphatic rings. The average molecular weight is 221 g/mol. The molecule has 0 radical (unpaired) electrons. The second kappa shape index (κ2) is 5.69. The highest BCUT2D eigenvalue weighted by Crippen LogP contribution is 2.40. The van der Waals surface area contributed by atoms with E-state index in [1.807, 2.05) is 6.07 Å². The lowest BCUT2D eigenvalue weighted by Crippen LogP contribution is -2.12. The van der Waals surface area contributed by atoms with Gasteiger partial charge in [0.1, 0.15) is 11.6 Å². The fraction of sp³-hybridized carbons (Fsp3) is 0.692. The summed E-state index contributed by atoms with van der Waals surface area (Å²) < 4.78 is 4.92. The van der Waals surface area contributed by atoms with Crippen LogP contribution in [0.1, 0.15) is 40.0 Å². The number of nitriles is 1. The molecule has 0 aliphatic heterocycles. The van der Waals surface area contributed by atoms with Gasteiger partial charge in [0.05, 0.1) is 6.61 Å². The van der Waals surface area contributed by atoms with E-state index in [9.17, 15) is 4.79 Å². The van der Waals surface area contributed by atoms with Gasteiger partial charge in [-0.1, -0.05) is 13.8 Å². The number of ether oxygens (including phenoxy) is 1. The van der Waals surface area contributed by atoms with Crippen LogP contribution in [-0.4, -0.2) is 12.6 Å². The molecule has 3 heteroatoms. The maximum Gasteiger partial charge on any atom is 0.348 e. The standard InChI is InChI=1S/C13H19NO2/c1-4-10-9(3)6-7-11(10)12(8-14)13(15)16-5-2/h9-10H,4-7H2,1-3H3. The van der Waals surface area contributed by atoms with Gasteiger partial charge in [-0.3, -0.25) is 0 Å². The zero-order valence-corrected chi connectivity index (χ0v) is 10.2. The quantitative estimate of drug-likeness (QED) is 0.418. The van der Waals surface area contributed by atoms with E-state index in [4.69, 9.17) is 10.00 Å². The molecule has 0 aromatic heterocycles. The van der Waals surface area contributed by atoms with Gasteiger partial charge in [0.2, 0.25) is 0 Å². The number of hydrogen-bond acceptors (Lipinski definition) is 3. The van der Waals surface area contributed by atoms with Gasteiger partial charge >= 0.3 is 5.97 Å². The maximum absolute atomic E-state index is 11.6. The third-order valence-corrected chi connectivity index (χ3v) is 3.36.